The van der Waals surface area contributed by atoms with Crippen LogP contribution < -0.4 is 24.8 Å². The molecule has 3 aliphatic rings. The van der Waals surface area contributed by atoms with Crippen molar-refractivity contribution < 1.29 is 23.8 Å². The highest BCUT2D eigenvalue weighted by Crippen LogP contribution is 2.41. The number of hydrogen-bond donors (Lipinski definition) is 1. The van der Waals surface area contributed by atoms with Crippen LogP contribution in [0, 0.1) is 5.82 Å². The van der Waals surface area contributed by atoms with Gasteiger partial charge >= 0.3 is 6.16 Å². The molecule has 0 aliphatic carbocycles. The number of anilines is 1. The number of nitrogens with zero attached hydrogens (tertiary/aromatic N) is 4. The lowest BCUT2D eigenvalue weighted by Gasteiger charge is -2.40. The summed E-state index contributed by atoms with van der Waals surface area (Å²) in [6, 6.07) is 1.55. The van der Waals surface area contributed by atoms with E-state index in [1.54, 1.807) is 16.7 Å². The van der Waals surface area contributed by atoms with E-state index in [-0.39, 0.29) is 17.9 Å². The van der Waals surface area contributed by atoms with Crippen molar-refractivity contribution in [2.24, 2.45) is 0 Å². The van der Waals surface area contributed by atoms with Gasteiger partial charge in [0.1, 0.15) is 11.2 Å². The number of hydrogen-bond acceptors (Lipinski definition) is 7. The van der Waals surface area contributed by atoms with Crippen LogP contribution in [0.5, 0.6) is 11.5 Å². The third kappa shape index (κ3) is 2.78. The molecule has 154 valence electrons. The Morgan fingerprint density at radius 1 is 1.34 bits per heavy atom. The van der Waals surface area contributed by atoms with E-state index in [2.05, 4.69) is 9.64 Å². The topological polar surface area (TPSA) is 87.5 Å². The second kappa shape index (κ2) is 6.51. The predicted octanol–water partition coefficient (Wildman–Crippen LogP) is 1.40. The van der Waals surface area contributed by atoms with Gasteiger partial charge in [0.25, 0.3) is 0 Å². The second-order valence-corrected chi connectivity index (χ2v) is 7.68. The molecule has 4 heterocycles. The normalized spacial score (nSPS) is 21.2. The first-order valence-corrected chi connectivity index (χ1v) is 9.60. The summed E-state index contributed by atoms with van der Waals surface area (Å²) in [5.41, 5.74) is 0.0776. The summed E-state index contributed by atoms with van der Waals surface area (Å²) in [4.78, 5) is 28.1. The van der Waals surface area contributed by atoms with Crippen molar-refractivity contribution >= 4 is 22.7 Å². The summed E-state index contributed by atoms with van der Waals surface area (Å²) < 4.78 is 27.3. The number of pyridine rings is 1. The zero-order valence-electron chi connectivity index (χ0n) is 15.9. The van der Waals surface area contributed by atoms with Gasteiger partial charge in [-0.1, -0.05) is 0 Å². The molecule has 2 aromatic rings. The summed E-state index contributed by atoms with van der Waals surface area (Å²) in [6.07, 6.45) is 1.95. The average Bonchev–Trinajstić information content (AvgIpc) is 3.15. The Morgan fingerprint density at radius 3 is 2.97 bits per heavy atom. The maximum atomic E-state index is 15.3. The molecule has 10 heteroatoms. The van der Waals surface area contributed by atoms with E-state index < -0.39 is 17.4 Å². The minimum Gasteiger partial charge on any atom is -0.467 e. The summed E-state index contributed by atoms with van der Waals surface area (Å²) in [5, 5.41) is 10.6. The van der Waals surface area contributed by atoms with Crippen LogP contribution in [0.2, 0.25) is 0 Å². The zero-order chi connectivity index (χ0) is 20.3. The Bertz CT molecular complexity index is 1070. The van der Waals surface area contributed by atoms with E-state index in [1.807, 2.05) is 4.90 Å². The fraction of sp³-hybridized carbons (Fsp3) is 0.474. The number of benzene rings is 1. The number of rotatable bonds is 2. The maximum Gasteiger partial charge on any atom is 0.511 e. The average molecular weight is 404 g/mol. The van der Waals surface area contributed by atoms with E-state index in [0.29, 0.717) is 36.1 Å². The van der Waals surface area contributed by atoms with Crippen LogP contribution in [-0.2, 0) is 0 Å². The SMILES string of the molecule is CN1COc2c(N3CCN4CCCC4C3)c(F)cc3c(=O)c(OC(=O)O)cn1c23. The predicted molar refractivity (Wildman–Crippen MR) is 103 cm³/mol. The van der Waals surface area contributed by atoms with E-state index in [0.717, 1.165) is 32.0 Å². The molecular formula is C19H21FN4O5. The summed E-state index contributed by atoms with van der Waals surface area (Å²) in [6.45, 7) is 3.45. The summed E-state index contributed by atoms with van der Waals surface area (Å²) in [7, 11) is 1.72. The van der Waals surface area contributed by atoms with Crippen LogP contribution >= 0.6 is 0 Å². The number of carboxylic acid groups (broad SMARTS) is 1. The first-order chi connectivity index (χ1) is 13.9. The molecule has 1 atom stereocenters. The molecule has 1 aromatic heterocycles. The van der Waals surface area contributed by atoms with Gasteiger partial charge in [-0.05, 0) is 25.5 Å². The third-order valence-corrected chi connectivity index (χ3v) is 5.98. The fourth-order valence-corrected chi connectivity index (χ4v) is 4.66. The number of halogens is 1. The summed E-state index contributed by atoms with van der Waals surface area (Å²) >= 11 is 0. The lowest BCUT2D eigenvalue weighted by molar-refractivity contribution is 0.143. The van der Waals surface area contributed by atoms with Gasteiger partial charge in [0, 0.05) is 32.7 Å². The van der Waals surface area contributed by atoms with Gasteiger partial charge in [0.15, 0.2) is 18.3 Å². The Morgan fingerprint density at radius 2 is 2.17 bits per heavy atom. The lowest BCUT2D eigenvalue weighted by Crippen LogP contribution is -2.50. The quantitative estimate of drug-likeness (QED) is 0.752. The lowest BCUT2D eigenvalue weighted by atomic mass is 10.1. The smallest absolute Gasteiger partial charge is 0.467 e. The van der Waals surface area contributed by atoms with Crippen LogP contribution in [0.15, 0.2) is 17.1 Å². The monoisotopic (exact) mass is 404 g/mol. The van der Waals surface area contributed by atoms with Crippen molar-refractivity contribution in [3.05, 3.63) is 28.3 Å². The van der Waals surface area contributed by atoms with Gasteiger partial charge in [-0.15, -0.1) is 0 Å². The van der Waals surface area contributed by atoms with Crippen molar-refractivity contribution in [2.75, 3.05) is 49.9 Å². The molecule has 0 radical (unpaired) electrons. The molecule has 1 unspecified atom stereocenters. The molecule has 1 N–H and O–H groups in total. The van der Waals surface area contributed by atoms with Crippen molar-refractivity contribution in [1.29, 1.82) is 0 Å². The number of ether oxygens (including phenoxy) is 2. The van der Waals surface area contributed by atoms with Gasteiger partial charge in [-0.3, -0.25) is 19.4 Å². The van der Waals surface area contributed by atoms with Gasteiger partial charge < -0.3 is 19.5 Å². The van der Waals surface area contributed by atoms with Crippen LogP contribution in [0.4, 0.5) is 14.9 Å². The Balaban J connectivity index is 1.69. The van der Waals surface area contributed by atoms with Crippen molar-refractivity contribution in [1.82, 2.24) is 9.58 Å². The molecule has 2 saturated heterocycles. The Hall–Kier alpha value is -3.01. The number of carbonyl (C=O) groups is 1. The van der Waals surface area contributed by atoms with Crippen LogP contribution in [-0.4, -0.2) is 66.8 Å². The molecule has 3 aliphatic heterocycles. The molecule has 1 aromatic carbocycles. The van der Waals surface area contributed by atoms with E-state index >= 15 is 4.39 Å². The third-order valence-electron chi connectivity index (χ3n) is 5.98. The summed E-state index contributed by atoms with van der Waals surface area (Å²) in [5.74, 6) is -0.625. The molecule has 0 bridgehead atoms. The van der Waals surface area contributed by atoms with E-state index in [4.69, 9.17) is 9.84 Å². The van der Waals surface area contributed by atoms with Crippen LogP contribution in [0.3, 0.4) is 0 Å². The zero-order valence-corrected chi connectivity index (χ0v) is 15.9. The second-order valence-electron chi connectivity index (χ2n) is 7.68. The molecule has 2 fully saturated rings. The van der Waals surface area contributed by atoms with E-state index in [1.165, 1.54) is 6.20 Å². The number of piperazine rings is 1. The molecule has 0 saturated carbocycles. The largest absolute Gasteiger partial charge is 0.511 e. The minimum absolute atomic E-state index is 0.0195. The molecule has 0 amide bonds. The highest BCUT2D eigenvalue weighted by molar-refractivity contribution is 5.93. The van der Waals surface area contributed by atoms with Gasteiger partial charge in [0.2, 0.25) is 11.2 Å². The van der Waals surface area contributed by atoms with Crippen molar-refractivity contribution in [3.8, 4) is 11.5 Å². The first kappa shape index (κ1) is 18.0. The van der Waals surface area contributed by atoms with Gasteiger partial charge in [0.05, 0.1) is 11.6 Å². The fourth-order valence-electron chi connectivity index (χ4n) is 4.66. The van der Waals surface area contributed by atoms with E-state index in [9.17, 15) is 9.59 Å². The van der Waals surface area contributed by atoms with Crippen LogP contribution in [0.25, 0.3) is 10.9 Å². The van der Waals surface area contributed by atoms with Gasteiger partial charge in [-0.2, -0.15) is 0 Å². The molecule has 5 rings (SSSR count). The van der Waals surface area contributed by atoms with Crippen molar-refractivity contribution in [2.45, 2.75) is 18.9 Å². The van der Waals surface area contributed by atoms with Crippen molar-refractivity contribution in [3.63, 3.8) is 0 Å². The molecular weight excluding hydrogens is 383 g/mol. The molecule has 0 spiro atoms. The standard InChI is InChI=1S/C19H21FN4O5/c1-21-10-28-18-15-12(17(25)14(9-24(15)21)29-19(26)27)7-13(20)16(18)23-6-5-22-4-2-3-11(22)8-23/h7,9,11H,2-6,8,10H2,1H3,(H,26,27). The highest BCUT2D eigenvalue weighted by atomic mass is 19.1. The highest BCUT2D eigenvalue weighted by Gasteiger charge is 2.35. The number of fused-ring (bicyclic) bond motifs is 1. The number of aromatic nitrogens is 1. The molecule has 29 heavy (non-hydrogen) atoms. The molecule has 9 nitrogen and oxygen atoms in total. The first-order valence-electron chi connectivity index (χ1n) is 9.60. The van der Waals surface area contributed by atoms with Crippen LogP contribution in [0.1, 0.15) is 12.8 Å². The Kier molecular flexibility index (Phi) is 4.05. The maximum absolute atomic E-state index is 15.3. The minimum atomic E-state index is -1.60. The van der Waals surface area contributed by atoms with Gasteiger partial charge in [-0.25, -0.2) is 9.18 Å². The Labute approximate surface area is 165 Å².